The molecule has 0 atom stereocenters. The van der Waals surface area contributed by atoms with Gasteiger partial charge in [-0.05, 0) is 65.5 Å². The first-order valence-corrected chi connectivity index (χ1v) is 15.3. The van der Waals surface area contributed by atoms with Crippen molar-refractivity contribution in [2.45, 2.75) is 38.0 Å². The van der Waals surface area contributed by atoms with Crippen LogP contribution in [0.2, 0.25) is 0 Å². The first-order valence-electron chi connectivity index (χ1n) is 15.3. The van der Waals surface area contributed by atoms with E-state index in [2.05, 4.69) is 40.6 Å². The molecule has 1 saturated heterocycles. The second-order valence-electron chi connectivity index (χ2n) is 11.5. The molecule has 3 aromatic heterocycles. The summed E-state index contributed by atoms with van der Waals surface area (Å²) in [6.45, 7) is 3.73. The van der Waals surface area contributed by atoms with Crippen LogP contribution >= 0.6 is 0 Å². The summed E-state index contributed by atoms with van der Waals surface area (Å²) in [6, 6.07) is 18.3. The Morgan fingerprint density at radius 1 is 0.938 bits per heavy atom. The minimum absolute atomic E-state index is 0.0936. The molecule has 4 heterocycles. The molecule has 1 aliphatic heterocycles. The summed E-state index contributed by atoms with van der Waals surface area (Å²) in [5, 5.41) is 28.9. The highest BCUT2D eigenvalue weighted by Crippen LogP contribution is 2.30. The Kier molecular flexibility index (Phi) is 8.34. The summed E-state index contributed by atoms with van der Waals surface area (Å²) in [4.78, 5) is 21.5. The molecule has 2 N–H and O–H groups in total. The molecule has 6 aromatic rings. The van der Waals surface area contributed by atoms with Gasteiger partial charge in [0.2, 0.25) is 11.5 Å². The van der Waals surface area contributed by atoms with Gasteiger partial charge in [-0.3, -0.25) is 10.1 Å². The van der Waals surface area contributed by atoms with Crippen molar-refractivity contribution in [2.75, 3.05) is 36.8 Å². The van der Waals surface area contributed by atoms with Crippen LogP contribution in [0, 0.1) is 10.1 Å². The Morgan fingerprint density at radius 2 is 1.71 bits per heavy atom. The Labute approximate surface area is 270 Å². The highest BCUT2D eigenvalue weighted by Gasteiger charge is 2.37. The number of nitrogens with zero attached hydrogens (tertiary/aromatic N) is 8. The Hall–Kier alpha value is -5.58. The quantitative estimate of drug-likeness (QED) is 0.127. The van der Waals surface area contributed by atoms with E-state index >= 15 is 0 Å². The zero-order chi connectivity index (χ0) is 33.3. The average molecular weight is 663 g/mol. The fourth-order valence-electron chi connectivity index (χ4n) is 5.90. The van der Waals surface area contributed by atoms with Crippen LogP contribution in [0.4, 0.5) is 30.5 Å². The van der Waals surface area contributed by atoms with E-state index < -0.39 is 16.9 Å². The molecule has 0 aliphatic carbocycles. The van der Waals surface area contributed by atoms with E-state index in [9.17, 15) is 23.3 Å². The molecule has 48 heavy (non-hydrogen) atoms. The zero-order valence-corrected chi connectivity index (χ0v) is 25.4. The number of nitrogens with one attached hydrogen (secondary N) is 2. The number of benzene rings is 3. The van der Waals surface area contributed by atoms with E-state index in [4.69, 9.17) is 14.1 Å². The van der Waals surface area contributed by atoms with Crippen LogP contribution in [-0.4, -0.2) is 72.0 Å². The molecule has 0 bridgehead atoms. The number of likely N-dealkylation sites (tertiary alicyclic amines) is 1. The zero-order valence-electron chi connectivity index (χ0n) is 25.4. The second-order valence-corrected chi connectivity index (χ2v) is 11.5. The Morgan fingerprint density at radius 3 is 2.46 bits per heavy atom. The minimum Gasteiger partial charge on any atom is -0.381 e. The van der Waals surface area contributed by atoms with Gasteiger partial charge in [-0.15, -0.1) is 0 Å². The molecule has 0 amide bonds. The maximum Gasteiger partial charge on any atom is 0.455 e. The lowest BCUT2D eigenvalue weighted by Crippen LogP contribution is -2.40. The van der Waals surface area contributed by atoms with E-state index in [0.717, 1.165) is 61.4 Å². The average Bonchev–Trinajstić information content (AvgIpc) is 3.84. The number of fused-ring (bicyclic) bond motifs is 2. The second kappa shape index (κ2) is 12.9. The Bertz CT molecular complexity index is 2050. The van der Waals surface area contributed by atoms with Crippen LogP contribution in [0.3, 0.4) is 0 Å². The number of para-hydroxylation sites is 2. The Balaban J connectivity index is 0.935. The summed E-state index contributed by atoms with van der Waals surface area (Å²) in [5.41, 5.74) is 4.18. The van der Waals surface area contributed by atoms with Crippen molar-refractivity contribution >= 4 is 39.4 Å². The number of aromatic nitrogens is 6. The van der Waals surface area contributed by atoms with Crippen molar-refractivity contribution in [3.05, 3.63) is 82.2 Å². The number of nitro groups is 1. The largest absolute Gasteiger partial charge is 0.455 e. The number of rotatable bonds is 11. The number of hydrogen-bond acceptors (Lipinski definition) is 12. The minimum atomic E-state index is -4.65. The first kappa shape index (κ1) is 31.0. The number of alkyl halides is 3. The lowest BCUT2D eigenvalue weighted by Gasteiger charge is -2.32. The summed E-state index contributed by atoms with van der Waals surface area (Å²) < 4.78 is 50.0. The van der Waals surface area contributed by atoms with E-state index in [1.165, 1.54) is 6.07 Å². The highest BCUT2D eigenvalue weighted by molar-refractivity contribution is 5.93. The fourth-order valence-corrected chi connectivity index (χ4v) is 5.90. The molecule has 3 aromatic carbocycles. The predicted octanol–water partition coefficient (Wildman–Crippen LogP) is 5.78. The summed E-state index contributed by atoms with van der Waals surface area (Å²) in [7, 11) is 0. The molecular formula is C31H29F3N10O4. The molecule has 17 heteroatoms. The van der Waals surface area contributed by atoms with E-state index in [1.807, 2.05) is 36.4 Å². The summed E-state index contributed by atoms with van der Waals surface area (Å²) >= 11 is 0. The molecule has 14 nitrogen and oxygen atoms in total. The van der Waals surface area contributed by atoms with Gasteiger partial charge in [-0.1, -0.05) is 29.4 Å². The van der Waals surface area contributed by atoms with Gasteiger partial charge in [0, 0.05) is 50.4 Å². The number of halogens is 3. The molecule has 0 saturated carbocycles. The van der Waals surface area contributed by atoms with E-state index in [-0.39, 0.29) is 23.1 Å². The number of hydrogen-bond donors (Lipinski definition) is 2. The van der Waals surface area contributed by atoms with Crippen molar-refractivity contribution < 1.29 is 27.2 Å². The number of nitro benzene ring substituents is 1. The third-order valence-corrected chi connectivity index (χ3v) is 8.41. The number of imidazole rings is 1. The molecule has 1 aliphatic rings. The van der Waals surface area contributed by atoms with E-state index in [0.29, 0.717) is 29.9 Å². The van der Waals surface area contributed by atoms with Crippen LogP contribution in [0.15, 0.2) is 69.8 Å². The van der Waals surface area contributed by atoms with Gasteiger partial charge < -0.3 is 24.6 Å². The highest BCUT2D eigenvalue weighted by atomic mass is 19.4. The van der Waals surface area contributed by atoms with Crippen LogP contribution in [0.5, 0.6) is 0 Å². The van der Waals surface area contributed by atoms with Gasteiger partial charge >= 0.3 is 11.9 Å². The van der Waals surface area contributed by atoms with Crippen molar-refractivity contribution in [3.8, 4) is 11.5 Å². The van der Waals surface area contributed by atoms with Crippen LogP contribution in [0.25, 0.3) is 33.5 Å². The van der Waals surface area contributed by atoms with Gasteiger partial charge in [0.1, 0.15) is 0 Å². The first-order chi connectivity index (χ1) is 23.2. The summed E-state index contributed by atoms with van der Waals surface area (Å²) in [5.74, 6) is -0.680. The molecule has 0 radical (unpaired) electrons. The van der Waals surface area contributed by atoms with Gasteiger partial charge in [-0.2, -0.15) is 18.2 Å². The third-order valence-electron chi connectivity index (χ3n) is 8.41. The molecule has 1 fully saturated rings. The normalized spacial score (nSPS) is 14.6. The smallest absolute Gasteiger partial charge is 0.381 e. The number of non-ortho nitro benzene ring substituents is 1. The number of piperidine rings is 1. The lowest BCUT2D eigenvalue weighted by molar-refractivity contribution is -0.383. The van der Waals surface area contributed by atoms with Gasteiger partial charge in [0.25, 0.3) is 11.7 Å². The van der Waals surface area contributed by atoms with Crippen molar-refractivity contribution in [1.82, 2.24) is 34.9 Å². The third kappa shape index (κ3) is 6.48. The van der Waals surface area contributed by atoms with Crippen molar-refractivity contribution in [3.63, 3.8) is 0 Å². The predicted molar refractivity (Wildman–Crippen MR) is 168 cm³/mol. The lowest BCUT2D eigenvalue weighted by atomic mass is 10.0. The maximum absolute atomic E-state index is 12.8. The van der Waals surface area contributed by atoms with Crippen molar-refractivity contribution in [1.29, 1.82) is 0 Å². The standard InChI is InChI=1S/C31H29F3N10O4/c32-31(33,34)29-38-28(47-41-29)20-7-5-19(6-8-20)11-15-42-16-12-21(13-17-42)36-30-37-22-3-1-2-4-24(22)43(30)18-14-35-23-9-10-25(44(45)46)27-26(23)39-48-40-27/h1-10,21,35H,11-18H2,(H,36,37). The molecule has 0 unspecified atom stereocenters. The summed E-state index contributed by atoms with van der Waals surface area (Å²) in [6.07, 6.45) is -2.00. The van der Waals surface area contributed by atoms with Crippen LogP contribution in [0.1, 0.15) is 24.2 Å². The molecular weight excluding hydrogens is 633 g/mol. The number of anilines is 2. The van der Waals surface area contributed by atoms with Gasteiger partial charge in [0.15, 0.2) is 5.52 Å². The van der Waals surface area contributed by atoms with Crippen molar-refractivity contribution in [2.24, 2.45) is 0 Å². The van der Waals surface area contributed by atoms with Gasteiger partial charge in [-0.25, -0.2) is 9.61 Å². The van der Waals surface area contributed by atoms with E-state index in [1.54, 1.807) is 18.2 Å². The monoisotopic (exact) mass is 662 g/mol. The molecule has 248 valence electrons. The van der Waals surface area contributed by atoms with Gasteiger partial charge in [0.05, 0.1) is 21.6 Å². The molecule has 0 spiro atoms. The topological polar surface area (TPSA) is 166 Å². The fraction of sp³-hybridized carbons (Fsp3) is 0.323. The maximum atomic E-state index is 12.8. The van der Waals surface area contributed by atoms with Crippen LogP contribution < -0.4 is 10.6 Å². The van der Waals surface area contributed by atoms with Crippen LogP contribution in [-0.2, 0) is 19.1 Å². The molecule has 7 rings (SSSR count). The SMILES string of the molecule is O=[N+]([O-])c1ccc(NCCn2c(NC3CCN(CCc4ccc(-c5nc(C(F)(F)F)no5)cc4)CC3)nc3ccccc32)c2nonc12.